The Morgan fingerprint density at radius 3 is 2.59 bits per heavy atom. The maximum absolute atomic E-state index is 13.4. The van der Waals surface area contributed by atoms with Gasteiger partial charge in [-0.25, -0.2) is 9.36 Å². The molecule has 8 heteroatoms. The van der Waals surface area contributed by atoms with Gasteiger partial charge >= 0.3 is 5.69 Å². The minimum absolute atomic E-state index is 0.00516. The molecule has 178 valence electrons. The van der Waals surface area contributed by atoms with Crippen molar-refractivity contribution in [1.82, 2.24) is 24.6 Å². The quantitative estimate of drug-likeness (QED) is 0.501. The Kier molecular flexibility index (Phi) is 7.65. The van der Waals surface area contributed by atoms with Gasteiger partial charge in [-0.1, -0.05) is 42.0 Å². The van der Waals surface area contributed by atoms with Crippen molar-refractivity contribution in [2.45, 2.75) is 39.2 Å². The van der Waals surface area contributed by atoms with Gasteiger partial charge in [0.1, 0.15) is 5.82 Å². The number of carbonyl (C=O) groups is 1. The molecule has 0 spiro atoms. The third-order valence-corrected chi connectivity index (χ3v) is 5.96. The van der Waals surface area contributed by atoms with Crippen LogP contribution in [0.4, 0.5) is 0 Å². The molecule has 0 fully saturated rings. The zero-order chi connectivity index (χ0) is 24.1. The lowest BCUT2D eigenvalue weighted by Crippen LogP contribution is -2.32. The Labute approximate surface area is 204 Å². The van der Waals surface area contributed by atoms with Crippen LogP contribution in [0.15, 0.2) is 65.5 Å². The first-order valence-corrected chi connectivity index (χ1v) is 12.0. The molecule has 0 saturated carbocycles. The Balaban J connectivity index is 1.61. The van der Waals surface area contributed by atoms with Crippen molar-refractivity contribution in [3.63, 3.8) is 0 Å². The van der Waals surface area contributed by atoms with Gasteiger partial charge in [0.15, 0.2) is 0 Å². The molecule has 0 bridgehead atoms. The Hall–Kier alpha value is -3.16. The minimum atomic E-state index is -0.345. The van der Waals surface area contributed by atoms with E-state index in [9.17, 15) is 9.59 Å². The summed E-state index contributed by atoms with van der Waals surface area (Å²) in [6.45, 7) is 6.88. The predicted octanol–water partition coefficient (Wildman–Crippen LogP) is 3.55. The summed E-state index contributed by atoms with van der Waals surface area (Å²) in [5.41, 5.74) is 2.09. The van der Waals surface area contributed by atoms with Crippen molar-refractivity contribution in [3.8, 4) is 11.4 Å². The number of amides is 1. The molecule has 0 saturated heterocycles. The maximum Gasteiger partial charge on any atom is 0.355 e. The van der Waals surface area contributed by atoms with Gasteiger partial charge < -0.3 is 5.32 Å². The van der Waals surface area contributed by atoms with E-state index in [2.05, 4.69) is 27.5 Å². The SMILES string of the molecule is CC(C)NC(=O)Cc1nn(-c2ccc(CCN3CC=CCC3)cc2)c(=O)n1-c1cccc(Cl)c1. The summed E-state index contributed by atoms with van der Waals surface area (Å²) in [6, 6.07) is 14.8. The Morgan fingerprint density at radius 2 is 1.91 bits per heavy atom. The summed E-state index contributed by atoms with van der Waals surface area (Å²) in [5, 5.41) is 7.89. The van der Waals surface area contributed by atoms with Crippen molar-refractivity contribution in [1.29, 1.82) is 0 Å². The number of hydrogen-bond donors (Lipinski definition) is 1. The first-order valence-electron chi connectivity index (χ1n) is 11.6. The lowest BCUT2D eigenvalue weighted by atomic mass is 10.1. The summed E-state index contributed by atoms with van der Waals surface area (Å²) in [6.07, 6.45) is 6.48. The van der Waals surface area contributed by atoms with Crippen molar-refractivity contribution in [2.24, 2.45) is 0 Å². The van der Waals surface area contributed by atoms with Gasteiger partial charge in [0, 0.05) is 30.7 Å². The van der Waals surface area contributed by atoms with Crippen LogP contribution in [0, 0.1) is 0 Å². The molecule has 0 radical (unpaired) electrons. The molecule has 3 aromatic rings. The van der Waals surface area contributed by atoms with Crippen molar-refractivity contribution in [3.05, 3.63) is 87.6 Å². The lowest BCUT2D eigenvalue weighted by molar-refractivity contribution is -0.121. The molecule has 2 heterocycles. The van der Waals surface area contributed by atoms with E-state index in [1.807, 2.05) is 38.1 Å². The first kappa shape index (κ1) is 24.0. The molecule has 7 nitrogen and oxygen atoms in total. The van der Waals surface area contributed by atoms with Gasteiger partial charge in [-0.15, -0.1) is 5.10 Å². The normalized spacial score (nSPS) is 14.0. The number of nitrogens with one attached hydrogen (secondary N) is 1. The molecule has 1 aliphatic heterocycles. The van der Waals surface area contributed by atoms with Crippen LogP contribution in [-0.2, 0) is 17.6 Å². The fourth-order valence-electron chi connectivity index (χ4n) is 4.07. The zero-order valence-corrected chi connectivity index (χ0v) is 20.3. The van der Waals surface area contributed by atoms with Crippen molar-refractivity contribution >= 4 is 17.5 Å². The van der Waals surface area contributed by atoms with Gasteiger partial charge in [-0.05, 0) is 62.6 Å². The fourth-order valence-corrected chi connectivity index (χ4v) is 4.25. The fraction of sp³-hybridized carbons (Fsp3) is 0.346. The van der Waals surface area contributed by atoms with Crippen LogP contribution in [0.1, 0.15) is 31.7 Å². The molecule has 0 unspecified atom stereocenters. The molecule has 2 aromatic carbocycles. The summed E-state index contributed by atoms with van der Waals surface area (Å²) < 4.78 is 2.79. The van der Waals surface area contributed by atoms with Crippen LogP contribution in [0.2, 0.25) is 5.02 Å². The van der Waals surface area contributed by atoms with Crippen LogP contribution in [0.3, 0.4) is 0 Å². The van der Waals surface area contributed by atoms with E-state index in [-0.39, 0.29) is 24.1 Å². The molecule has 1 N–H and O–H groups in total. The highest BCUT2D eigenvalue weighted by Gasteiger charge is 2.19. The van der Waals surface area contributed by atoms with Gasteiger partial charge in [0.2, 0.25) is 5.91 Å². The number of hydrogen-bond acceptors (Lipinski definition) is 4. The molecule has 0 atom stereocenters. The van der Waals surface area contributed by atoms with Crippen LogP contribution in [-0.4, -0.2) is 50.8 Å². The van der Waals surface area contributed by atoms with Crippen LogP contribution in [0.5, 0.6) is 0 Å². The van der Waals surface area contributed by atoms with E-state index < -0.39 is 0 Å². The zero-order valence-electron chi connectivity index (χ0n) is 19.6. The monoisotopic (exact) mass is 479 g/mol. The van der Waals surface area contributed by atoms with E-state index in [1.165, 1.54) is 14.8 Å². The van der Waals surface area contributed by atoms with Crippen LogP contribution >= 0.6 is 11.6 Å². The number of halogens is 1. The number of rotatable bonds is 8. The van der Waals surface area contributed by atoms with E-state index in [0.29, 0.717) is 22.2 Å². The highest BCUT2D eigenvalue weighted by atomic mass is 35.5. The molecular formula is C26H30ClN5O2. The third kappa shape index (κ3) is 5.85. The average molecular weight is 480 g/mol. The Bertz CT molecular complexity index is 1230. The van der Waals surface area contributed by atoms with Crippen LogP contribution < -0.4 is 11.0 Å². The molecule has 34 heavy (non-hydrogen) atoms. The van der Waals surface area contributed by atoms with Gasteiger partial charge in [-0.3, -0.25) is 9.69 Å². The first-order chi connectivity index (χ1) is 16.4. The molecule has 0 aliphatic carbocycles. The third-order valence-electron chi connectivity index (χ3n) is 5.72. The van der Waals surface area contributed by atoms with Crippen LogP contribution in [0.25, 0.3) is 11.4 Å². The van der Waals surface area contributed by atoms with Crippen molar-refractivity contribution < 1.29 is 4.79 Å². The van der Waals surface area contributed by atoms with E-state index in [1.54, 1.807) is 24.3 Å². The second-order valence-electron chi connectivity index (χ2n) is 8.80. The molecule has 4 rings (SSSR count). The summed E-state index contributed by atoms with van der Waals surface area (Å²) in [7, 11) is 0. The summed E-state index contributed by atoms with van der Waals surface area (Å²) in [5.74, 6) is 0.158. The summed E-state index contributed by atoms with van der Waals surface area (Å²) >= 11 is 6.17. The highest BCUT2D eigenvalue weighted by Crippen LogP contribution is 2.16. The number of nitrogens with zero attached hydrogens (tertiary/aromatic N) is 4. The molecular weight excluding hydrogens is 450 g/mol. The molecule has 1 aliphatic rings. The number of aromatic nitrogens is 3. The minimum Gasteiger partial charge on any atom is -0.354 e. The standard InChI is InChI=1S/C26H30ClN5O2/c1-19(2)28-25(33)18-24-29-32(26(34)31(24)23-8-6-7-21(27)17-23)22-11-9-20(10-12-22)13-16-30-14-4-3-5-15-30/h3-4,6-12,17,19H,5,13-16,18H2,1-2H3,(H,28,33). The van der Waals surface area contributed by atoms with Gasteiger partial charge in [-0.2, -0.15) is 4.68 Å². The maximum atomic E-state index is 13.4. The number of benzene rings is 2. The van der Waals surface area contributed by atoms with Crippen molar-refractivity contribution in [2.75, 3.05) is 19.6 Å². The Morgan fingerprint density at radius 1 is 1.12 bits per heavy atom. The summed E-state index contributed by atoms with van der Waals surface area (Å²) in [4.78, 5) is 28.3. The van der Waals surface area contributed by atoms with Gasteiger partial charge in [0.05, 0.1) is 17.8 Å². The second kappa shape index (κ2) is 10.8. The second-order valence-corrected chi connectivity index (χ2v) is 9.24. The van der Waals surface area contributed by atoms with E-state index in [0.717, 1.165) is 32.5 Å². The van der Waals surface area contributed by atoms with E-state index in [4.69, 9.17) is 11.6 Å². The average Bonchev–Trinajstić information content (AvgIpc) is 3.13. The van der Waals surface area contributed by atoms with E-state index >= 15 is 0 Å². The van der Waals surface area contributed by atoms with Gasteiger partial charge in [0.25, 0.3) is 0 Å². The largest absolute Gasteiger partial charge is 0.355 e. The molecule has 1 amide bonds. The highest BCUT2D eigenvalue weighted by molar-refractivity contribution is 6.30. The number of carbonyl (C=O) groups excluding carboxylic acids is 1. The predicted molar refractivity (Wildman–Crippen MR) is 135 cm³/mol. The lowest BCUT2D eigenvalue weighted by Gasteiger charge is -2.22. The smallest absolute Gasteiger partial charge is 0.354 e. The molecule has 1 aromatic heterocycles. The topological polar surface area (TPSA) is 72.2 Å².